The molecule has 170 valence electrons. The van der Waals surface area contributed by atoms with E-state index in [4.69, 9.17) is 17.7 Å². The molecule has 0 rings (SSSR count). The van der Waals surface area contributed by atoms with Crippen LogP contribution >= 0.6 is 0 Å². The lowest BCUT2D eigenvalue weighted by atomic mass is 10.2. The van der Waals surface area contributed by atoms with E-state index in [-0.39, 0.29) is 0 Å². The van der Waals surface area contributed by atoms with Crippen molar-refractivity contribution in [3.8, 4) is 0 Å². The van der Waals surface area contributed by atoms with E-state index in [2.05, 4.69) is 53.4 Å². The highest BCUT2D eigenvalue weighted by Crippen LogP contribution is 2.25. The number of nitrogens with zero attached hydrogens (tertiary/aromatic N) is 1. The van der Waals surface area contributed by atoms with Crippen molar-refractivity contribution in [2.24, 2.45) is 0 Å². The van der Waals surface area contributed by atoms with Crippen LogP contribution in [0.15, 0.2) is 0 Å². The summed E-state index contributed by atoms with van der Waals surface area (Å²) in [7, 11) is -3.14. The van der Waals surface area contributed by atoms with Crippen LogP contribution < -0.4 is 0 Å². The van der Waals surface area contributed by atoms with Gasteiger partial charge in [-0.15, -0.1) is 0 Å². The molecule has 0 fully saturated rings. The molecule has 0 amide bonds. The number of rotatable bonds is 20. The summed E-state index contributed by atoms with van der Waals surface area (Å²) in [6.45, 7) is 21.7. The van der Waals surface area contributed by atoms with E-state index in [1.165, 1.54) is 19.3 Å². The van der Waals surface area contributed by atoms with E-state index < -0.39 is 18.6 Å². The highest BCUT2D eigenvalue weighted by atomic mass is 28.3. The Morgan fingerprint density at radius 3 is 1.18 bits per heavy atom. The Kier molecular flexibility index (Phi) is 19.4. The van der Waals surface area contributed by atoms with Crippen molar-refractivity contribution in [3.63, 3.8) is 0 Å². The largest absolute Gasteiger partial charge is 0.397 e. The van der Waals surface area contributed by atoms with Crippen LogP contribution in [0.25, 0.3) is 0 Å². The van der Waals surface area contributed by atoms with Gasteiger partial charge in [0, 0.05) is 37.5 Å². The molecule has 7 heteroatoms. The van der Waals surface area contributed by atoms with Gasteiger partial charge in [-0.05, 0) is 66.6 Å². The second-order valence-corrected chi connectivity index (χ2v) is 12.0. The van der Waals surface area contributed by atoms with Gasteiger partial charge in [-0.2, -0.15) is 0 Å². The molecule has 0 aliphatic heterocycles. The first-order valence-electron chi connectivity index (χ1n) is 11.8. The minimum atomic E-state index is -1.57. The highest BCUT2D eigenvalue weighted by molar-refractivity contribution is 6.46. The third-order valence-corrected chi connectivity index (χ3v) is 11.1. The zero-order chi connectivity index (χ0) is 21.2. The Balaban J connectivity index is 4.73. The first kappa shape index (κ1) is 28.2. The molecule has 0 aromatic rings. The van der Waals surface area contributed by atoms with Crippen molar-refractivity contribution >= 4 is 18.6 Å². The molecule has 0 saturated carbocycles. The Hall–Kier alpha value is 0.234. The molecule has 0 N–H and O–H groups in total. The monoisotopic (exact) mass is 435 g/mol. The molecule has 0 spiro atoms. The molecular formula is C21H49NO4Si2. The summed E-state index contributed by atoms with van der Waals surface area (Å²) >= 11 is 0. The fourth-order valence-electron chi connectivity index (χ4n) is 3.71. The van der Waals surface area contributed by atoms with E-state index in [0.29, 0.717) is 11.1 Å². The summed E-state index contributed by atoms with van der Waals surface area (Å²) in [5.74, 6) is 0. The average Bonchev–Trinajstić information content (AvgIpc) is 2.69. The van der Waals surface area contributed by atoms with Gasteiger partial charge in [0.05, 0.1) is 0 Å². The quantitative estimate of drug-likeness (QED) is 0.261. The highest BCUT2D eigenvalue weighted by Gasteiger charge is 2.27. The standard InChI is InChI=1S/C21H49NO4Si2/c1-8-17-22(18-15-20(9-2)27(23-11-4)24-12-5)19-16-21(10-3)28(25-13-6)26-14-7/h20-21,27-28H,8-19H2,1-7H3. The van der Waals surface area contributed by atoms with Crippen LogP contribution in [-0.4, -0.2) is 69.5 Å². The van der Waals surface area contributed by atoms with Gasteiger partial charge in [0.2, 0.25) is 0 Å². The van der Waals surface area contributed by atoms with Crippen LogP contribution in [0.1, 0.15) is 80.6 Å². The molecule has 0 aromatic carbocycles. The predicted molar refractivity (Wildman–Crippen MR) is 125 cm³/mol. The van der Waals surface area contributed by atoms with Crippen LogP contribution in [-0.2, 0) is 17.7 Å². The third kappa shape index (κ3) is 12.0. The Bertz CT molecular complexity index is 300. The Morgan fingerprint density at radius 2 is 0.929 bits per heavy atom. The van der Waals surface area contributed by atoms with Crippen molar-refractivity contribution in [2.45, 2.75) is 91.7 Å². The summed E-state index contributed by atoms with van der Waals surface area (Å²) in [6, 6.07) is 0. The number of hydrogen-bond acceptors (Lipinski definition) is 5. The minimum Gasteiger partial charge on any atom is -0.397 e. The van der Waals surface area contributed by atoms with Gasteiger partial charge in [-0.25, -0.2) is 0 Å². The maximum absolute atomic E-state index is 6.00. The van der Waals surface area contributed by atoms with Crippen molar-refractivity contribution in [1.82, 2.24) is 4.90 Å². The Morgan fingerprint density at radius 1 is 0.571 bits per heavy atom. The van der Waals surface area contributed by atoms with Crippen LogP contribution in [0.5, 0.6) is 0 Å². The van der Waals surface area contributed by atoms with Gasteiger partial charge in [-0.1, -0.05) is 33.6 Å². The zero-order valence-corrected chi connectivity index (χ0v) is 22.2. The molecule has 2 atom stereocenters. The normalized spacial score (nSPS) is 14.4. The molecule has 2 unspecified atom stereocenters. The first-order valence-corrected chi connectivity index (χ1v) is 15.0. The molecule has 5 nitrogen and oxygen atoms in total. The fourth-order valence-corrected chi connectivity index (χ4v) is 7.92. The summed E-state index contributed by atoms with van der Waals surface area (Å²) < 4.78 is 24.0. The average molecular weight is 436 g/mol. The van der Waals surface area contributed by atoms with Crippen molar-refractivity contribution in [3.05, 3.63) is 0 Å². The third-order valence-electron chi connectivity index (χ3n) is 5.31. The van der Waals surface area contributed by atoms with E-state index in [1.54, 1.807) is 0 Å². The van der Waals surface area contributed by atoms with Crippen molar-refractivity contribution < 1.29 is 17.7 Å². The minimum absolute atomic E-state index is 0.593. The molecule has 0 heterocycles. The summed E-state index contributed by atoms with van der Waals surface area (Å²) in [6.07, 6.45) is 5.86. The molecule has 0 bridgehead atoms. The molecular weight excluding hydrogens is 386 g/mol. The fraction of sp³-hybridized carbons (Fsp3) is 1.00. The molecule has 0 aliphatic rings. The predicted octanol–water partition coefficient (Wildman–Crippen LogP) is 4.63. The Labute approximate surface area is 179 Å². The van der Waals surface area contributed by atoms with E-state index >= 15 is 0 Å². The first-order chi connectivity index (χ1) is 13.6. The van der Waals surface area contributed by atoms with E-state index in [0.717, 1.165) is 58.9 Å². The van der Waals surface area contributed by atoms with Gasteiger partial charge in [0.1, 0.15) is 0 Å². The van der Waals surface area contributed by atoms with Gasteiger partial charge < -0.3 is 22.6 Å². The van der Waals surface area contributed by atoms with Crippen LogP contribution in [0, 0.1) is 0 Å². The molecule has 0 saturated heterocycles. The lowest BCUT2D eigenvalue weighted by Gasteiger charge is -2.30. The second kappa shape index (κ2) is 19.2. The van der Waals surface area contributed by atoms with Gasteiger partial charge in [0.15, 0.2) is 0 Å². The van der Waals surface area contributed by atoms with Crippen molar-refractivity contribution in [2.75, 3.05) is 46.1 Å². The van der Waals surface area contributed by atoms with Crippen molar-refractivity contribution in [1.29, 1.82) is 0 Å². The summed E-state index contributed by atoms with van der Waals surface area (Å²) in [5.41, 5.74) is 1.19. The topological polar surface area (TPSA) is 40.2 Å². The maximum Gasteiger partial charge on any atom is 0.324 e. The smallest absolute Gasteiger partial charge is 0.324 e. The zero-order valence-electron chi connectivity index (χ0n) is 19.9. The lowest BCUT2D eigenvalue weighted by molar-refractivity contribution is 0.188. The van der Waals surface area contributed by atoms with Crippen LogP contribution in [0.4, 0.5) is 0 Å². The van der Waals surface area contributed by atoms with Crippen LogP contribution in [0.3, 0.4) is 0 Å². The second-order valence-electron chi connectivity index (χ2n) is 7.31. The van der Waals surface area contributed by atoms with Crippen LogP contribution in [0.2, 0.25) is 11.1 Å². The maximum atomic E-state index is 6.00. The van der Waals surface area contributed by atoms with Gasteiger partial charge in [-0.3, -0.25) is 0 Å². The SMILES string of the molecule is CCCN(CCC(CC)[SiH](OCC)OCC)CCC(CC)[SiH](OCC)OCC. The van der Waals surface area contributed by atoms with Gasteiger partial charge >= 0.3 is 18.6 Å². The molecule has 0 radical (unpaired) electrons. The molecule has 0 aliphatic carbocycles. The molecule has 28 heavy (non-hydrogen) atoms. The lowest BCUT2D eigenvalue weighted by Crippen LogP contribution is -2.35. The van der Waals surface area contributed by atoms with E-state index in [1.807, 2.05) is 0 Å². The van der Waals surface area contributed by atoms with E-state index in [9.17, 15) is 0 Å². The molecule has 0 aromatic heterocycles. The summed E-state index contributed by atoms with van der Waals surface area (Å²) in [5, 5.41) is 0. The summed E-state index contributed by atoms with van der Waals surface area (Å²) in [4.78, 5) is 2.64. The van der Waals surface area contributed by atoms with Gasteiger partial charge in [0.25, 0.3) is 0 Å². The number of hydrogen-bond donors (Lipinski definition) is 0.